The van der Waals surface area contributed by atoms with Crippen molar-refractivity contribution in [1.82, 2.24) is 15.1 Å². The highest BCUT2D eigenvalue weighted by Gasteiger charge is 2.28. The molecular weight excluding hydrogens is 278 g/mol. The number of nitrogens with zero attached hydrogens (tertiary/aromatic N) is 3. The van der Waals surface area contributed by atoms with E-state index in [2.05, 4.69) is 10.2 Å². The molecule has 1 unspecified atom stereocenters. The Bertz CT molecular complexity index is 673. The first-order chi connectivity index (χ1) is 10.6. The van der Waals surface area contributed by atoms with Gasteiger partial charge in [-0.05, 0) is 43.2 Å². The molecule has 22 heavy (non-hydrogen) atoms. The largest absolute Gasteiger partial charge is 0.471 e. The molecule has 1 aromatic carbocycles. The molecule has 1 aromatic heterocycles. The van der Waals surface area contributed by atoms with E-state index in [1.54, 1.807) is 18.3 Å². The maximum Gasteiger partial charge on any atom is 0.253 e. The molecular formula is C17H19N3O2. The van der Waals surface area contributed by atoms with Gasteiger partial charge in [-0.3, -0.25) is 4.79 Å². The van der Waals surface area contributed by atoms with Gasteiger partial charge in [0.1, 0.15) is 6.10 Å². The molecule has 0 N–H and O–H groups in total. The number of carbonyl (C=O) groups excluding carboxylic acids is 1. The van der Waals surface area contributed by atoms with Crippen LogP contribution in [0.2, 0.25) is 0 Å². The summed E-state index contributed by atoms with van der Waals surface area (Å²) in [5.74, 6) is 0.571. The molecule has 0 spiro atoms. The lowest BCUT2D eigenvalue weighted by atomic mass is 10.1. The van der Waals surface area contributed by atoms with Gasteiger partial charge in [-0.1, -0.05) is 6.07 Å². The van der Waals surface area contributed by atoms with E-state index in [4.69, 9.17) is 4.74 Å². The minimum atomic E-state index is -0.0211. The Hall–Kier alpha value is -2.43. The molecule has 1 saturated heterocycles. The summed E-state index contributed by atoms with van der Waals surface area (Å²) in [4.78, 5) is 14.4. The number of aromatic nitrogens is 2. The molecule has 0 aliphatic carbocycles. The highest BCUT2D eigenvalue weighted by molar-refractivity contribution is 5.94. The van der Waals surface area contributed by atoms with Crippen LogP contribution >= 0.6 is 0 Å². The average molecular weight is 297 g/mol. The van der Waals surface area contributed by atoms with Crippen LogP contribution < -0.4 is 4.74 Å². The lowest BCUT2D eigenvalue weighted by Gasteiger charge is -2.17. The molecule has 2 heterocycles. The number of ether oxygens (including phenoxy) is 1. The summed E-state index contributed by atoms with van der Waals surface area (Å²) >= 11 is 0. The van der Waals surface area contributed by atoms with E-state index in [1.165, 1.54) is 5.56 Å². The predicted molar refractivity (Wildman–Crippen MR) is 82.9 cm³/mol. The van der Waals surface area contributed by atoms with Crippen LogP contribution in [0, 0.1) is 13.8 Å². The van der Waals surface area contributed by atoms with Crippen LogP contribution in [0.1, 0.15) is 27.9 Å². The fourth-order valence-electron chi connectivity index (χ4n) is 2.59. The van der Waals surface area contributed by atoms with Crippen molar-refractivity contribution in [3.05, 3.63) is 53.2 Å². The van der Waals surface area contributed by atoms with Crippen LogP contribution in [0.15, 0.2) is 36.5 Å². The highest BCUT2D eigenvalue weighted by Crippen LogP contribution is 2.19. The average Bonchev–Trinajstić information content (AvgIpc) is 2.99. The Labute approximate surface area is 129 Å². The van der Waals surface area contributed by atoms with E-state index in [0.29, 0.717) is 19.0 Å². The van der Waals surface area contributed by atoms with Gasteiger partial charge in [0, 0.05) is 30.8 Å². The minimum absolute atomic E-state index is 0.0211. The van der Waals surface area contributed by atoms with Gasteiger partial charge in [-0.2, -0.15) is 5.10 Å². The second-order valence-electron chi connectivity index (χ2n) is 5.64. The third-order valence-corrected chi connectivity index (χ3v) is 4.02. The maximum absolute atomic E-state index is 12.6. The smallest absolute Gasteiger partial charge is 0.253 e. The zero-order valence-electron chi connectivity index (χ0n) is 12.8. The van der Waals surface area contributed by atoms with E-state index in [0.717, 1.165) is 17.5 Å². The van der Waals surface area contributed by atoms with E-state index < -0.39 is 0 Å². The van der Waals surface area contributed by atoms with Gasteiger partial charge in [-0.25, -0.2) is 0 Å². The predicted octanol–water partition coefficient (Wildman–Crippen LogP) is 2.39. The van der Waals surface area contributed by atoms with Gasteiger partial charge in [-0.15, -0.1) is 5.10 Å². The van der Waals surface area contributed by atoms with Crippen LogP contribution in [-0.2, 0) is 0 Å². The monoisotopic (exact) mass is 297 g/mol. The first-order valence-electron chi connectivity index (χ1n) is 7.44. The fourth-order valence-corrected chi connectivity index (χ4v) is 2.59. The van der Waals surface area contributed by atoms with Gasteiger partial charge in [0.25, 0.3) is 5.91 Å². The van der Waals surface area contributed by atoms with Gasteiger partial charge >= 0.3 is 0 Å². The van der Waals surface area contributed by atoms with Crippen LogP contribution in [0.25, 0.3) is 0 Å². The number of carbonyl (C=O) groups is 1. The number of aryl methyl sites for hydroxylation is 2. The summed E-state index contributed by atoms with van der Waals surface area (Å²) in [6.07, 6.45) is 2.40. The highest BCUT2D eigenvalue weighted by atomic mass is 16.5. The number of amides is 1. The number of likely N-dealkylation sites (tertiary alicyclic amines) is 1. The van der Waals surface area contributed by atoms with Crippen molar-refractivity contribution < 1.29 is 9.53 Å². The molecule has 5 nitrogen and oxygen atoms in total. The van der Waals surface area contributed by atoms with Crippen LogP contribution in [0.4, 0.5) is 0 Å². The standard InChI is InChI=1S/C17H19N3O2/c1-12-5-6-14(10-13(12)2)17(21)20-9-7-15(11-20)22-16-4-3-8-18-19-16/h3-6,8,10,15H,7,9,11H2,1-2H3. The molecule has 0 saturated carbocycles. The number of benzene rings is 1. The Balaban J connectivity index is 1.64. The van der Waals surface area contributed by atoms with Crippen LogP contribution in [-0.4, -0.2) is 40.2 Å². The quantitative estimate of drug-likeness (QED) is 0.873. The van der Waals surface area contributed by atoms with Crippen molar-refractivity contribution >= 4 is 5.91 Å². The van der Waals surface area contributed by atoms with Gasteiger partial charge in [0.05, 0.1) is 6.54 Å². The maximum atomic E-state index is 12.6. The molecule has 3 rings (SSSR count). The Morgan fingerprint density at radius 3 is 2.86 bits per heavy atom. The SMILES string of the molecule is Cc1ccc(C(=O)N2CCC(Oc3cccnn3)C2)cc1C. The van der Waals surface area contributed by atoms with Crippen molar-refractivity contribution in [2.24, 2.45) is 0 Å². The summed E-state index contributed by atoms with van der Waals surface area (Å²) in [7, 11) is 0. The lowest BCUT2D eigenvalue weighted by molar-refractivity contribution is 0.0771. The van der Waals surface area contributed by atoms with Crippen molar-refractivity contribution in [3.8, 4) is 5.88 Å². The summed E-state index contributed by atoms with van der Waals surface area (Å²) in [5.41, 5.74) is 3.07. The third-order valence-electron chi connectivity index (χ3n) is 4.02. The van der Waals surface area contributed by atoms with Crippen molar-refractivity contribution in [2.45, 2.75) is 26.4 Å². The normalized spacial score (nSPS) is 17.5. The van der Waals surface area contributed by atoms with Gasteiger partial charge in [0.15, 0.2) is 0 Å². The summed E-state index contributed by atoms with van der Waals surface area (Å²) in [6.45, 7) is 5.36. The van der Waals surface area contributed by atoms with Crippen molar-refractivity contribution in [1.29, 1.82) is 0 Å². The van der Waals surface area contributed by atoms with Crippen LogP contribution in [0.3, 0.4) is 0 Å². The van der Waals surface area contributed by atoms with E-state index in [-0.39, 0.29) is 12.0 Å². The second-order valence-corrected chi connectivity index (χ2v) is 5.64. The number of hydrogen-bond acceptors (Lipinski definition) is 4. The van der Waals surface area contributed by atoms with Crippen LogP contribution in [0.5, 0.6) is 5.88 Å². The number of rotatable bonds is 3. The molecule has 1 amide bonds. The first-order valence-corrected chi connectivity index (χ1v) is 7.44. The molecule has 1 aliphatic heterocycles. The molecule has 5 heteroatoms. The number of hydrogen-bond donors (Lipinski definition) is 0. The summed E-state index contributed by atoms with van der Waals surface area (Å²) < 4.78 is 5.77. The molecule has 114 valence electrons. The fraction of sp³-hybridized carbons (Fsp3) is 0.353. The zero-order valence-corrected chi connectivity index (χ0v) is 12.8. The second kappa shape index (κ2) is 6.13. The Kier molecular flexibility index (Phi) is 4.04. The molecule has 1 atom stereocenters. The third kappa shape index (κ3) is 3.08. The Morgan fingerprint density at radius 2 is 2.14 bits per heavy atom. The lowest BCUT2D eigenvalue weighted by Crippen LogP contribution is -2.31. The summed E-state index contributed by atoms with van der Waals surface area (Å²) in [5, 5.41) is 7.71. The van der Waals surface area contributed by atoms with Crippen molar-refractivity contribution in [2.75, 3.05) is 13.1 Å². The molecule has 0 radical (unpaired) electrons. The first kappa shape index (κ1) is 14.5. The topological polar surface area (TPSA) is 55.3 Å². The minimum Gasteiger partial charge on any atom is -0.471 e. The van der Waals surface area contributed by atoms with E-state index in [9.17, 15) is 4.79 Å². The van der Waals surface area contributed by atoms with Gasteiger partial charge < -0.3 is 9.64 Å². The van der Waals surface area contributed by atoms with E-state index in [1.807, 2.05) is 36.9 Å². The molecule has 1 aliphatic rings. The van der Waals surface area contributed by atoms with Crippen molar-refractivity contribution in [3.63, 3.8) is 0 Å². The Morgan fingerprint density at radius 1 is 1.27 bits per heavy atom. The van der Waals surface area contributed by atoms with Gasteiger partial charge in [0.2, 0.25) is 5.88 Å². The summed E-state index contributed by atoms with van der Waals surface area (Å²) in [6, 6.07) is 9.40. The molecule has 0 bridgehead atoms. The molecule has 2 aromatic rings. The zero-order chi connectivity index (χ0) is 15.5. The van der Waals surface area contributed by atoms with E-state index >= 15 is 0 Å². The molecule has 1 fully saturated rings.